The maximum atomic E-state index is 10.5. The SMILES string of the molecule is CCOc1no[n+]([O-])c1C. The van der Waals surface area contributed by atoms with E-state index in [-0.39, 0.29) is 5.88 Å². The topological polar surface area (TPSA) is 62.2 Å². The molecule has 0 aliphatic rings. The van der Waals surface area contributed by atoms with Crippen molar-refractivity contribution >= 4 is 0 Å². The van der Waals surface area contributed by atoms with Gasteiger partial charge >= 0.3 is 5.88 Å². The molecule has 0 aromatic carbocycles. The van der Waals surface area contributed by atoms with E-state index >= 15 is 0 Å². The first-order chi connectivity index (χ1) is 4.75. The molecule has 0 aliphatic carbocycles. The molecular formula is C5H8N2O3. The van der Waals surface area contributed by atoms with Gasteiger partial charge in [-0.15, -0.1) is 0 Å². The number of hydrogen-bond donors (Lipinski definition) is 0. The van der Waals surface area contributed by atoms with Gasteiger partial charge in [-0.3, -0.25) is 4.63 Å². The van der Waals surface area contributed by atoms with Crippen LogP contribution in [0.2, 0.25) is 0 Å². The Kier molecular flexibility index (Phi) is 1.75. The minimum absolute atomic E-state index is 0.262. The molecule has 1 aromatic heterocycles. The van der Waals surface area contributed by atoms with Gasteiger partial charge in [-0.25, -0.2) is 0 Å². The fourth-order valence-corrected chi connectivity index (χ4v) is 0.547. The quantitative estimate of drug-likeness (QED) is 0.549. The predicted molar refractivity (Wildman–Crippen MR) is 31.4 cm³/mol. The van der Waals surface area contributed by atoms with Gasteiger partial charge < -0.3 is 9.94 Å². The summed E-state index contributed by atoms with van der Waals surface area (Å²) in [6.45, 7) is 3.87. The minimum atomic E-state index is 0.262. The van der Waals surface area contributed by atoms with E-state index in [4.69, 9.17) is 4.74 Å². The highest BCUT2D eigenvalue weighted by Gasteiger charge is 2.13. The van der Waals surface area contributed by atoms with Crippen LogP contribution < -0.4 is 9.64 Å². The van der Waals surface area contributed by atoms with E-state index in [9.17, 15) is 5.21 Å². The van der Waals surface area contributed by atoms with Gasteiger partial charge in [0.2, 0.25) is 5.69 Å². The summed E-state index contributed by atoms with van der Waals surface area (Å²) in [5, 5.41) is 13.9. The van der Waals surface area contributed by atoms with Gasteiger partial charge in [0.15, 0.2) is 0 Å². The molecule has 0 amide bonds. The van der Waals surface area contributed by atoms with Gasteiger partial charge in [0.25, 0.3) is 0 Å². The molecule has 10 heavy (non-hydrogen) atoms. The Balaban J connectivity index is 2.83. The molecule has 0 saturated carbocycles. The minimum Gasteiger partial charge on any atom is -0.456 e. The summed E-state index contributed by atoms with van der Waals surface area (Å²) in [5.41, 5.74) is 0.349. The molecule has 0 fully saturated rings. The zero-order valence-electron chi connectivity index (χ0n) is 5.83. The van der Waals surface area contributed by atoms with E-state index in [1.165, 1.54) is 0 Å². The van der Waals surface area contributed by atoms with Crippen LogP contribution in [0.4, 0.5) is 0 Å². The average molecular weight is 144 g/mol. The van der Waals surface area contributed by atoms with Crippen LogP contribution in [-0.4, -0.2) is 11.8 Å². The zero-order chi connectivity index (χ0) is 7.56. The van der Waals surface area contributed by atoms with Crippen LogP contribution in [0.1, 0.15) is 12.6 Å². The molecular weight excluding hydrogens is 136 g/mol. The van der Waals surface area contributed by atoms with Gasteiger partial charge in [-0.2, -0.15) is 0 Å². The lowest BCUT2D eigenvalue weighted by atomic mass is 10.5. The summed E-state index contributed by atoms with van der Waals surface area (Å²) < 4.78 is 9.17. The Morgan fingerprint density at radius 3 is 2.90 bits per heavy atom. The first kappa shape index (κ1) is 6.85. The normalized spacial score (nSPS) is 9.80. The van der Waals surface area contributed by atoms with Crippen LogP contribution in [0.25, 0.3) is 0 Å². The van der Waals surface area contributed by atoms with Gasteiger partial charge in [-0.1, -0.05) is 0 Å². The third-order valence-corrected chi connectivity index (χ3v) is 1.06. The second kappa shape index (κ2) is 2.55. The largest absolute Gasteiger partial charge is 0.456 e. The van der Waals surface area contributed by atoms with Crippen molar-refractivity contribution in [2.75, 3.05) is 6.61 Å². The number of nitrogens with zero attached hydrogens (tertiary/aromatic N) is 2. The molecule has 1 rings (SSSR count). The molecule has 0 radical (unpaired) electrons. The first-order valence-corrected chi connectivity index (χ1v) is 2.94. The van der Waals surface area contributed by atoms with Gasteiger partial charge in [0.1, 0.15) is 0 Å². The van der Waals surface area contributed by atoms with Crippen LogP contribution in [0.15, 0.2) is 4.63 Å². The Labute approximate surface area is 57.7 Å². The molecule has 5 nitrogen and oxygen atoms in total. The van der Waals surface area contributed by atoms with Crippen molar-refractivity contribution in [1.82, 2.24) is 5.16 Å². The van der Waals surface area contributed by atoms with Crippen LogP contribution in [0.3, 0.4) is 0 Å². The fraction of sp³-hybridized carbons (Fsp3) is 0.600. The summed E-state index contributed by atoms with van der Waals surface area (Å²) >= 11 is 0. The summed E-state index contributed by atoms with van der Waals surface area (Å²) in [6, 6.07) is 0. The number of hydrogen-bond acceptors (Lipinski definition) is 4. The van der Waals surface area contributed by atoms with Crippen molar-refractivity contribution in [3.63, 3.8) is 0 Å². The first-order valence-electron chi connectivity index (χ1n) is 2.94. The van der Waals surface area contributed by atoms with E-state index in [2.05, 4.69) is 9.79 Å². The summed E-state index contributed by atoms with van der Waals surface area (Å²) in [7, 11) is 0. The predicted octanol–water partition coefficient (Wildman–Crippen LogP) is 0.0151. The molecule has 0 aliphatic heterocycles. The van der Waals surface area contributed by atoms with Crippen molar-refractivity contribution in [1.29, 1.82) is 0 Å². The van der Waals surface area contributed by atoms with E-state index in [0.717, 1.165) is 0 Å². The van der Waals surface area contributed by atoms with E-state index in [1.807, 2.05) is 6.92 Å². The highest BCUT2D eigenvalue weighted by molar-refractivity contribution is 5.07. The molecule has 0 unspecified atom stereocenters. The smallest absolute Gasteiger partial charge is 0.397 e. The summed E-state index contributed by atoms with van der Waals surface area (Å²) in [4.78, 5) is 0.311. The number of ether oxygens (including phenoxy) is 1. The van der Waals surface area contributed by atoms with Crippen LogP contribution in [0, 0.1) is 12.1 Å². The van der Waals surface area contributed by atoms with Crippen molar-refractivity contribution in [2.24, 2.45) is 0 Å². The van der Waals surface area contributed by atoms with Crippen LogP contribution in [0.5, 0.6) is 5.88 Å². The van der Waals surface area contributed by atoms with Crippen molar-refractivity contribution in [3.8, 4) is 5.88 Å². The lowest BCUT2D eigenvalue weighted by molar-refractivity contribution is -0.806. The molecule has 0 N–H and O–H groups in total. The van der Waals surface area contributed by atoms with E-state index < -0.39 is 0 Å². The standard InChI is InChI=1S/C5H8N2O3/c1-3-9-5-4(2)7(8)10-6-5/h3H2,1-2H3. The molecule has 0 bridgehead atoms. The van der Waals surface area contributed by atoms with Crippen molar-refractivity contribution < 1.29 is 14.3 Å². The fourth-order valence-electron chi connectivity index (χ4n) is 0.547. The van der Waals surface area contributed by atoms with Crippen LogP contribution in [-0.2, 0) is 0 Å². The summed E-state index contributed by atoms with van der Waals surface area (Å²) in [5.74, 6) is 0.262. The van der Waals surface area contributed by atoms with Gasteiger partial charge in [0.05, 0.1) is 11.8 Å². The van der Waals surface area contributed by atoms with Crippen LogP contribution >= 0.6 is 0 Å². The molecule has 56 valence electrons. The van der Waals surface area contributed by atoms with E-state index in [1.54, 1.807) is 6.92 Å². The molecule has 1 aromatic rings. The number of rotatable bonds is 2. The third-order valence-electron chi connectivity index (χ3n) is 1.06. The highest BCUT2D eigenvalue weighted by Crippen LogP contribution is 2.07. The van der Waals surface area contributed by atoms with E-state index in [0.29, 0.717) is 17.2 Å². The Morgan fingerprint density at radius 1 is 1.80 bits per heavy atom. The van der Waals surface area contributed by atoms with Gasteiger partial charge in [0, 0.05) is 6.92 Å². The molecule has 0 spiro atoms. The molecule has 0 saturated heterocycles. The summed E-state index contributed by atoms with van der Waals surface area (Å²) in [6.07, 6.45) is 0. The molecule has 1 heterocycles. The Bertz CT molecular complexity index is 221. The second-order valence-corrected chi connectivity index (χ2v) is 1.75. The van der Waals surface area contributed by atoms with Gasteiger partial charge in [-0.05, 0) is 11.8 Å². The highest BCUT2D eigenvalue weighted by atomic mass is 16.8. The van der Waals surface area contributed by atoms with Crippen molar-refractivity contribution in [2.45, 2.75) is 13.8 Å². The lowest BCUT2D eigenvalue weighted by Crippen LogP contribution is -2.25. The Morgan fingerprint density at radius 2 is 2.50 bits per heavy atom. The number of aromatic nitrogens is 2. The van der Waals surface area contributed by atoms with Crippen molar-refractivity contribution in [3.05, 3.63) is 10.9 Å². The molecule has 0 atom stereocenters. The Hall–Kier alpha value is -1.26. The average Bonchev–Trinajstić information content (AvgIpc) is 2.20. The monoisotopic (exact) mass is 144 g/mol. The maximum absolute atomic E-state index is 10.5. The second-order valence-electron chi connectivity index (χ2n) is 1.75. The maximum Gasteiger partial charge on any atom is 0.397 e. The zero-order valence-corrected chi connectivity index (χ0v) is 5.83. The third kappa shape index (κ3) is 1.02. The lowest BCUT2D eigenvalue weighted by Gasteiger charge is -1.90. The molecule has 5 heteroatoms.